The number of hydrogen-bond acceptors (Lipinski definition) is 3. The predicted molar refractivity (Wildman–Crippen MR) is 63.9 cm³/mol. The summed E-state index contributed by atoms with van der Waals surface area (Å²) in [7, 11) is 2.27. The molecule has 0 aromatic carbocycles. The van der Waals surface area contributed by atoms with Crippen LogP contribution in [0.25, 0.3) is 0 Å². The first-order valence-corrected chi connectivity index (χ1v) is 6.40. The number of rotatable bonds is 4. The van der Waals surface area contributed by atoms with Crippen LogP contribution in [0.4, 0.5) is 0 Å². The van der Waals surface area contributed by atoms with Crippen LogP contribution in [0.1, 0.15) is 32.6 Å². The van der Waals surface area contributed by atoms with Gasteiger partial charge in [0.05, 0.1) is 0 Å². The summed E-state index contributed by atoms with van der Waals surface area (Å²) in [5.74, 6) is 0. The van der Waals surface area contributed by atoms with Crippen molar-refractivity contribution in [3.63, 3.8) is 0 Å². The third-order valence-corrected chi connectivity index (χ3v) is 4.18. The highest BCUT2D eigenvalue weighted by molar-refractivity contribution is 4.91. The lowest BCUT2D eigenvalue weighted by molar-refractivity contribution is 0.105. The van der Waals surface area contributed by atoms with E-state index < -0.39 is 0 Å². The van der Waals surface area contributed by atoms with E-state index in [9.17, 15) is 0 Å². The molecule has 2 aliphatic rings. The van der Waals surface area contributed by atoms with Crippen molar-refractivity contribution in [1.29, 1.82) is 0 Å². The van der Waals surface area contributed by atoms with Gasteiger partial charge in [0.15, 0.2) is 0 Å². The van der Waals surface area contributed by atoms with Crippen molar-refractivity contribution >= 4 is 0 Å². The molecule has 0 radical (unpaired) electrons. The van der Waals surface area contributed by atoms with Gasteiger partial charge >= 0.3 is 0 Å². The van der Waals surface area contributed by atoms with Gasteiger partial charge in [-0.25, -0.2) is 0 Å². The summed E-state index contributed by atoms with van der Waals surface area (Å²) in [5, 5.41) is 0. The second kappa shape index (κ2) is 4.81. The molecule has 0 aromatic rings. The van der Waals surface area contributed by atoms with Crippen LogP contribution in [0.3, 0.4) is 0 Å². The SMILES string of the molecule is CCN1CCCC1CN(C)C1CC(N)C1. The molecule has 1 aliphatic carbocycles. The zero-order valence-electron chi connectivity index (χ0n) is 10.2. The summed E-state index contributed by atoms with van der Waals surface area (Å²) in [4.78, 5) is 5.15. The lowest BCUT2D eigenvalue weighted by atomic mass is 9.86. The molecule has 3 heteroatoms. The average molecular weight is 211 g/mol. The van der Waals surface area contributed by atoms with Crippen molar-refractivity contribution in [2.75, 3.05) is 26.7 Å². The van der Waals surface area contributed by atoms with E-state index in [4.69, 9.17) is 5.73 Å². The van der Waals surface area contributed by atoms with Crippen molar-refractivity contribution in [3.8, 4) is 0 Å². The van der Waals surface area contributed by atoms with Crippen molar-refractivity contribution in [2.45, 2.75) is 50.7 Å². The molecule has 0 aromatic heterocycles. The maximum atomic E-state index is 5.83. The Morgan fingerprint density at radius 2 is 2.13 bits per heavy atom. The standard InChI is InChI=1S/C12H25N3/c1-3-15-6-4-5-11(15)9-14(2)12-7-10(13)8-12/h10-12H,3-9,13H2,1-2H3. The van der Waals surface area contributed by atoms with Crippen molar-refractivity contribution in [2.24, 2.45) is 5.73 Å². The number of nitrogens with zero attached hydrogens (tertiary/aromatic N) is 2. The van der Waals surface area contributed by atoms with E-state index in [0.717, 1.165) is 12.1 Å². The Bertz CT molecular complexity index is 201. The van der Waals surface area contributed by atoms with Gasteiger partial charge in [0, 0.05) is 24.7 Å². The van der Waals surface area contributed by atoms with Crippen LogP contribution >= 0.6 is 0 Å². The molecule has 2 N–H and O–H groups in total. The van der Waals surface area contributed by atoms with E-state index in [0.29, 0.717) is 6.04 Å². The van der Waals surface area contributed by atoms with Crippen molar-refractivity contribution in [3.05, 3.63) is 0 Å². The highest BCUT2D eigenvalue weighted by Crippen LogP contribution is 2.25. The molecular formula is C12H25N3. The molecule has 1 saturated carbocycles. The van der Waals surface area contributed by atoms with Gasteiger partial charge in [0.2, 0.25) is 0 Å². The van der Waals surface area contributed by atoms with Crippen LogP contribution in [0.15, 0.2) is 0 Å². The van der Waals surface area contributed by atoms with E-state index in [-0.39, 0.29) is 0 Å². The fraction of sp³-hybridized carbons (Fsp3) is 1.00. The summed E-state index contributed by atoms with van der Waals surface area (Å²) in [6.45, 7) is 6.03. The molecule has 1 atom stereocenters. The Hall–Kier alpha value is -0.120. The van der Waals surface area contributed by atoms with Crippen LogP contribution in [0.2, 0.25) is 0 Å². The summed E-state index contributed by atoms with van der Waals surface area (Å²) in [6.07, 6.45) is 5.18. The molecule has 1 heterocycles. The van der Waals surface area contributed by atoms with Crippen LogP contribution in [-0.4, -0.2) is 54.6 Å². The van der Waals surface area contributed by atoms with Gasteiger partial charge in [0.25, 0.3) is 0 Å². The molecule has 3 nitrogen and oxygen atoms in total. The monoisotopic (exact) mass is 211 g/mol. The summed E-state index contributed by atoms with van der Waals surface area (Å²) in [6, 6.07) is 2.04. The van der Waals surface area contributed by atoms with Crippen LogP contribution in [-0.2, 0) is 0 Å². The van der Waals surface area contributed by atoms with Crippen molar-refractivity contribution in [1.82, 2.24) is 9.80 Å². The quantitative estimate of drug-likeness (QED) is 0.749. The van der Waals surface area contributed by atoms with E-state index in [1.54, 1.807) is 0 Å². The highest BCUT2D eigenvalue weighted by Gasteiger charge is 2.32. The maximum Gasteiger partial charge on any atom is 0.0223 e. The van der Waals surface area contributed by atoms with E-state index in [2.05, 4.69) is 23.8 Å². The molecule has 1 unspecified atom stereocenters. The fourth-order valence-electron chi connectivity index (χ4n) is 2.99. The van der Waals surface area contributed by atoms with Crippen LogP contribution in [0, 0.1) is 0 Å². The van der Waals surface area contributed by atoms with Gasteiger partial charge in [-0.05, 0) is 45.8 Å². The Morgan fingerprint density at radius 1 is 1.40 bits per heavy atom. The Labute approximate surface area is 93.6 Å². The second-order valence-electron chi connectivity index (χ2n) is 5.25. The minimum absolute atomic E-state index is 0.475. The number of hydrogen-bond donors (Lipinski definition) is 1. The minimum Gasteiger partial charge on any atom is -0.328 e. The van der Waals surface area contributed by atoms with Crippen LogP contribution < -0.4 is 5.73 Å². The molecule has 0 spiro atoms. The summed E-state index contributed by atoms with van der Waals surface area (Å²) >= 11 is 0. The zero-order chi connectivity index (χ0) is 10.8. The first-order chi connectivity index (χ1) is 7.20. The lowest BCUT2D eigenvalue weighted by Crippen LogP contribution is -2.52. The van der Waals surface area contributed by atoms with Gasteiger partial charge in [0.1, 0.15) is 0 Å². The lowest BCUT2D eigenvalue weighted by Gasteiger charge is -2.41. The Morgan fingerprint density at radius 3 is 2.73 bits per heavy atom. The second-order valence-corrected chi connectivity index (χ2v) is 5.25. The van der Waals surface area contributed by atoms with Gasteiger partial charge < -0.3 is 10.6 Å². The normalized spacial score (nSPS) is 37.2. The van der Waals surface area contributed by atoms with Crippen molar-refractivity contribution < 1.29 is 0 Å². The number of nitrogens with two attached hydrogens (primary N) is 1. The zero-order valence-corrected chi connectivity index (χ0v) is 10.2. The average Bonchev–Trinajstić information content (AvgIpc) is 2.60. The first kappa shape index (κ1) is 11.4. The molecule has 15 heavy (non-hydrogen) atoms. The Balaban J connectivity index is 1.75. The maximum absolute atomic E-state index is 5.83. The molecular weight excluding hydrogens is 186 g/mol. The Kier molecular flexibility index (Phi) is 3.65. The van der Waals surface area contributed by atoms with Crippen LogP contribution in [0.5, 0.6) is 0 Å². The van der Waals surface area contributed by atoms with Gasteiger partial charge in [-0.3, -0.25) is 4.90 Å². The summed E-state index contributed by atoms with van der Waals surface area (Å²) < 4.78 is 0. The molecule has 0 bridgehead atoms. The molecule has 1 aliphatic heterocycles. The highest BCUT2D eigenvalue weighted by atomic mass is 15.2. The molecule has 88 valence electrons. The number of likely N-dealkylation sites (N-methyl/N-ethyl adjacent to an activating group) is 2. The predicted octanol–water partition coefficient (Wildman–Crippen LogP) is 0.892. The smallest absolute Gasteiger partial charge is 0.0223 e. The van der Waals surface area contributed by atoms with E-state index in [1.165, 1.54) is 45.3 Å². The minimum atomic E-state index is 0.475. The molecule has 2 fully saturated rings. The van der Waals surface area contributed by atoms with E-state index >= 15 is 0 Å². The largest absolute Gasteiger partial charge is 0.328 e. The van der Waals surface area contributed by atoms with E-state index in [1.807, 2.05) is 0 Å². The summed E-state index contributed by atoms with van der Waals surface area (Å²) in [5.41, 5.74) is 5.83. The third-order valence-electron chi connectivity index (χ3n) is 4.18. The third kappa shape index (κ3) is 2.52. The molecule has 2 rings (SSSR count). The van der Waals surface area contributed by atoms with Gasteiger partial charge in [-0.15, -0.1) is 0 Å². The molecule has 0 amide bonds. The fourth-order valence-corrected chi connectivity index (χ4v) is 2.99. The molecule has 1 saturated heterocycles. The topological polar surface area (TPSA) is 32.5 Å². The first-order valence-electron chi connectivity index (χ1n) is 6.40. The van der Waals surface area contributed by atoms with Gasteiger partial charge in [-0.1, -0.05) is 6.92 Å². The van der Waals surface area contributed by atoms with Gasteiger partial charge in [-0.2, -0.15) is 0 Å². The number of likely N-dealkylation sites (tertiary alicyclic amines) is 1.